The maximum absolute atomic E-state index is 12.3. The predicted octanol–water partition coefficient (Wildman–Crippen LogP) is 4.54. The van der Waals surface area contributed by atoms with Crippen LogP contribution in [-0.2, 0) is 4.74 Å². The fourth-order valence-corrected chi connectivity index (χ4v) is 4.05. The number of carbonyl (C=O) groups excluding carboxylic acids is 2. The number of Topliss-reactive ketones (excluding diaryl/α,β-unsaturated/α-hetero) is 1. The molecule has 1 aromatic carbocycles. The lowest BCUT2D eigenvalue weighted by Crippen LogP contribution is -2.13. The average molecular weight is 387 g/mol. The maximum Gasteiger partial charge on any atom is 0.350 e. The van der Waals surface area contributed by atoms with Crippen molar-refractivity contribution in [3.63, 3.8) is 0 Å². The van der Waals surface area contributed by atoms with Gasteiger partial charge < -0.3 is 9.47 Å². The van der Waals surface area contributed by atoms with E-state index < -0.39 is 5.97 Å². The summed E-state index contributed by atoms with van der Waals surface area (Å²) in [6, 6.07) is 11.1. The van der Waals surface area contributed by atoms with E-state index in [2.05, 4.69) is 4.98 Å². The highest BCUT2D eigenvalue weighted by Gasteiger charge is 2.19. The minimum atomic E-state index is -0.526. The zero-order valence-electron chi connectivity index (χ0n) is 14.6. The van der Waals surface area contributed by atoms with Crippen LogP contribution in [0.15, 0.2) is 36.4 Å². The molecule has 0 spiro atoms. The van der Waals surface area contributed by atoms with Gasteiger partial charge in [0.15, 0.2) is 6.61 Å². The highest BCUT2D eigenvalue weighted by molar-refractivity contribution is 7.17. The van der Waals surface area contributed by atoms with Crippen LogP contribution in [0.2, 0.25) is 0 Å². The topological polar surface area (TPSA) is 65.5 Å². The van der Waals surface area contributed by atoms with Crippen LogP contribution in [0.3, 0.4) is 0 Å². The van der Waals surface area contributed by atoms with Gasteiger partial charge in [-0.3, -0.25) is 4.79 Å². The number of aryl methyl sites for hydroxylation is 2. The first-order valence-corrected chi connectivity index (χ1v) is 9.50. The van der Waals surface area contributed by atoms with E-state index in [-0.39, 0.29) is 12.4 Å². The quantitative estimate of drug-likeness (QED) is 0.459. The molecule has 0 saturated heterocycles. The maximum atomic E-state index is 12.3. The third kappa shape index (κ3) is 4.00. The van der Waals surface area contributed by atoms with E-state index in [4.69, 9.17) is 9.47 Å². The fraction of sp³-hybridized carbons (Fsp3) is 0.211. The number of ether oxygens (including phenoxy) is 2. The second-order valence-electron chi connectivity index (χ2n) is 5.57. The van der Waals surface area contributed by atoms with Crippen LogP contribution in [0, 0.1) is 13.8 Å². The summed E-state index contributed by atoms with van der Waals surface area (Å²) >= 11 is 2.64. The Bertz CT molecular complexity index is 941. The number of thiophene rings is 1. The van der Waals surface area contributed by atoms with E-state index in [0.717, 1.165) is 21.2 Å². The molecule has 0 atom stereocenters. The summed E-state index contributed by atoms with van der Waals surface area (Å²) in [5.74, 6) is 0.0272. The Morgan fingerprint density at radius 3 is 2.38 bits per heavy atom. The summed E-state index contributed by atoms with van der Waals surface area (Å²) in [4.78, 5) is 30.9. The van der Waals surface area contributed by atoms with Gasteiger partial charge in [0.05, 0.1) is 17.7 Å². The molecule has 0 radical (unpaired) electrons. The monoisotopic (exact) mass is 387 g/mol. The number of carbonyl (C=O) groups is 2. The number of rotatable bonds is 6. The molecule has 0 fully saturated rings. The van der Waals surface area contributed by atoms with Gasteiger partial charge in [-0.05, 0) is 50.2 Å². The number of esters is 1. The number of hydrogen-bond donors (Lipinski definition) is 0. The van der Waals surface area contributed by atoms with Crippen molar-refractivity contribution in [3.05, 3.63) is 56.7 Å². The molecule has 0 saturated carbocycles. The fourth-order valence-electron chi connectivity index (χ4n) is 2.30. The molecule has 0 amide bonds. The highest BCUT2D eigenvalue weighted by Crippen LogP contribution is 2.29. The second kappa shape index (κ2) is 7.80. The van der Waals surface area contributed by atoms with E-state index in [1.54, 1.807) is 20.1 Å². The Morgan fingerprint density at radius 2 is 1.77 bits per heavy atom. The number of nitrogens with zero attached hydrogens (tertiary/aromatic N) is 1. The summed E-state index contributed by atoms with van der Waals surface area (Å²) in [7, 11) is 1.61. The van der Waals surface area contributed by atoms with Crippen molar-refractivity contribution in [3.8, 4) is 16.3 Å². The van der Waals surface area contributed by atoms with Crippen LogP contribution >= 0.6 is 22.7 Å². The van der Waals surface area contributed by atoms with Crippen LogP contribution in [0.4, 0.5) is 0 Å². The Hall–Kier alpha value is -2.51. The Labute approximate surface area is 159 Å². The van der Waals surface area contributed by atoms with E-state index in [1.807, 2.05) is 37.3 Å². The third-order valence-corrected chi connectivity index (χ3v) is 5.90. The number of thiazole rings is 1. The molecule has 5 nitrogen and oxygen atoms in total. The van der Waals surface area contributed by atoms with Crippen molar-refractivity contribution in [2.24, 2.45) is 0 Å². The van der Waals surface area contributed by atoms with Crippen molar-refractivity contribution in [1.29, 1.82) is 0 Å². The van der Waals surface area contributed by atoms with Crippen LogP contribution in [-0.4, -0.2) is 30.5 Å². The standard InChI is InChI=1S/C19H17NO4S2/c1-11-4-9-16(25-11)15(21)10-24-19(22)17-12(2)20-18(26-17)13-5-7-14(23-3)8-6-13/h4-9H,10H2,1-3H3. The normalized spacial score (nSPS) is 10.6. The average Bonchev–Trinajstić information content (AvgIpc) is 3.25. The van der Waals surface area contributed by atoms with Crippen molar-refractivity contribution in [1.82, 2.24) is 4.98 Å². The van der Waals surface area contributed by atoms with Crippen molar-refractivity contribution < 1.29 is 19.1 Å². The first kappa shape index (κ1) is 18.3. The van der Waals surface area contributed by atoms with Gasteiger partial charge in [-0.1, -0.05) is 0 Å². The number of ketones is 1. The highest BCUT2D eigenvalue weighted by atomic mass is 32.1. The zero-order valence-corrected chi connectivity index (χ0v) is 16.2. The molecule has 134 valence electrons. The van der Waals surface area contributed by atoms with Crippen molar-refractivity contribution in [2.75, 3.05) is 13.7 Å². The summed E-state index contributed by atoms with van der Waals surface area (Å²) in [5.41, 5.74) is 1.48. The van der Waals surface area contributed by atoms with Crippen molar-refractivity contribution >= 4 is 34.4 Å². The van der Waals surface area contributed by atoms with Gasteiger partial charge in [-0.15, -0.1) is 22.7 Å². The zero-order chi connectivity index (χ0) is 18.7. The molecule has 2 heterocycles. The van der Waals surface area contributed by atoms with Gasteiger partial charge in [0.2, 0.25) is 5.78 Å². The molecule has 2 aromatic heterocycles. The molecular formula is C19H17NO4S2. The lowest BCUT2D eigenvalue weighted by atomic mass is 10.2. The predicted molar refractivity (Wildman–Crippen MR) is 103 cm³/mol. The number of methoxy groups -OCH3 is 1. The van der Waals surface area contributed by atoms with Gasteiger partial charge in [0.25, 0.3) is 0 Å². The molecule has 3 aromatic rings. The second-order valence-corrected chi connectivity index (χ2v) is 7.86. The molecule has 0 aliphatic rings. The van der Waals surface area contributed by atoms with Crippen LogP contribution in [0.1, 0.15) is 29.9 Å². The molecule has 0 unspecified atom stereocenters. The number of hydrogen-bond acceptors (Lipinski definition) is 7. The molecule has 0 aliphatic heterocycles. The molecule has 0 bridgehead atoms. The number of aromatic nitrogens is 1. The Morgan fingerprint density at radius 1 is 1.04 bits per heavy atom. The lowest BCUT2D eigenvalue weighted by Gasteiger charge is -2.01. The van der Waals surface area contributed by atoms with Gasteiger partial charge in [0, 0.05) is 10.4 Å². The third-order valence-electron chi connectivity index (χ3n) is 3.67. The Balaban J connectivity index is 1.69. The number of benzene rings is 1. The molecule has 0 N–H and O–H groups in total. The molecule has 0 aliphatic carbocycles. The first-order valence-electron chi connectivity index (χ1n) is 7.86. The summed E-state index contributed by atoms with van der Waals surface area (Å²) in [6.45, 7) is 3.41. The molecule has 3 rings (SSSR count). The minimum absolute atomic E-state index is 0.200. The molecule has 26 heavy (non-hydrogen) atoms. The van der Waals surface area contributed by atoms with Gasteiger partial charge in [-0.25, -0.2) is 9.78 Å². The van der Waals surface area contributed by atoms with Crippen molar-refractivity contribution in [2.45, 2.75) is 13.8 Å². The van der Waals surface area contributed by atoms with Crippen LogP contribution in [0.5, 0.6) is 5.75 Å². The van der Waals surface area contributed by atoms with E-state index in [9.17, 15) is 9.59 Å². The summed E-state index contributed by atoms with van der Waals surface area (Å²) < 4.78 is 10.3. The lowest BCUT2D eigenvalue weighted by molar-refractivity contribution is 0.0479. The molecular weight excluding hydrogens is 370 g/mol. The van der Waals surface area contributed by atoms with E-state index in [1.165, 1.54) is 22.7 Å². The van der Waals surface area contributed by atoms with Crippen LogP contribution in [0.25, 0.3) is 10.6 Å². The molecule has 7 heteroatoms. The minimum Gasteiger partial charge on any atom is -0.497 e. The van der Waals surface area contributed by atoms with E-state index in [0.29, 0.717) is 15.4 Å². The summed E-state index contributed by atoms with van der Waals surface area (Å²) in [6.07, 6.45) is 0. The Kier molecular flexibility index (Phi) is 5.49. The van der Waals surface area contributed by atoms with E-state index >= 15 is 0 Å². The SMILES string of the molecule is COc1ccc(-c2nc(C)c(C(=O)OCC(=O)c3ccc(C)s3)s2)cc1. The summed E-state index contributed by atoms with van der Waals surface area (Å²) in [5, 5.41) is 0.720. The van der Waals surface area contributed by atoms with Gasteiger partial charge >= 0.3 is 5.97 Å². The van der Waals surface area contributed by atoms with Gasteiger partial charge in [-0.2, -0.15) is 0 Å². The largest absolute Gasteiger partial charge is 0.497 e. The first-order chi connectivity index (χ1) is 12.5. The smallest absolute Gasteiger partial charge is 0.350 e. The van der Waals surface area contributed by atoms with Crippen LogP contribution < -0.4 is 4.74 Å². The van der Waals surface area contributed by atoms with Gasteiger partial charge in [0.1, 0.15) is 15.6 Å².